The summed E-state index contributed by atoms with van der Waals surface area (Å²) in [6.07, 6.45) is -2.27. The summed E-state index contributed by atoms with van der Waals surface area (Å²) in [5.74, 6) is -2.44. The van der Waals surface area contributed by atoms with Crippen LogP contribution in [-0.4, -0.2) is 34.4 Å². The first-order chi connectivity index (χ1) is 14.2. The molecule has 0 saturated carbocycles. The number of nitrogens with one attached hydrogen (secondary N) is 1. The van der Waals surface area contributed by atoms with Crippen molar-refractivity contribution in [1.29, 1.82) is 0 Å². The Bertz CT molecular complexity index is 1030. The summed E-state index contributed by atoms with van der Waals surface area (Å²) in [5.41, 5.74) is 0.663. The van der Waals surface area contributed by atoms with Crippen molar-refractivity contribution in [2.45, 2.75) is 6.36 Å². The van der Waals surface area contributed by atoms with Crippen LogP contribution >= 0.6 is 0 Å². The maximum atomic E-state index is 13.1. The number of amides is 1. The van der Waals surface area contributed by atoms with Gasteiger partial charge in [-0.05, 0) is 48.5 Å². The van der Waals surface area contributed by atoms with Gasteiger partial charge in [-0.2, -0.15) is 0 Å². The van der Waals surface area contributed by atoms with Gasteiger partial charge in [0, 0.05) is 11.4 Å². The predicted molar refractivity (Wildman–Crippen MR) is 95.6 cm³/mol. The van der Waals surface area contributed by atoms with E-state index in [0.29, 0.717) is 5.69 Å². The number of benzene rings is 2. The Kier molecular flexibility index (Phi) is 6.00. The maximum absolute atomic E-state index is 13.1. The van der Waals surface area contributed by atoms with E-state index in [4.69, 9.17) is 4.74 Å². The molecule has 156 valence electrons. The van der Waals surface area contributed by atoms with Gasteiger partial charge in [0.15, 0.2) is 12.3 Å². The van der Waals surface area contributed by atoms with Crippen molar-refractivity contribution in [3.05, 3.63) is 72.6 Å². The molecule has 30 heavy (non-hydrogen) atoms. The SMILES string of the molecule is O=C(COC(=O)c1cncn1-c1ccc(F)cc1)Nc1ccc(OC(F)(F)F)cc1. The highest BCUT2D eigenvalue weighted by atomic mass is 19.4. The Morgan fingerprint density at radius 2 is 1.70 bits per heavy atom. The van der Waals surface area contributed by atoms with E-state index < -0.39 is 36.4 Å². The van der Waals surface area contributed by atoms with Crippen molar-refractivity contribution in [1.82, 2.24) is 9.55 Å². The normalized spacial score (nSPS) is 11.1. The number of carbonyl (C=O) groups is 2. The van der Waals surface area contributed by atoms with Crippen LogP contribution in [0.4, 0.5) is 23.2 Å². The lowest BCUT2D eigenvalue weighted by Crippen LogP contribution is -2.22. The van der Waals surface area contributed by atoms with E-state index in [9.17, 15) is 27.2 Å². The molecule has 0 unspecified atom stereocenters. The second kappa shape index (κ2) is 8.64. The van der Waals surface area contributed by atoms with Gasteiger partial charge in [-0.3, -0.25) is 9.36 Å². The standard InChI is InChI=1S/C19H13F4N3O4/c20-12-1-5-14(6-2-12)26-11-24-9-16(26)18(28)29-10-17(27)25-13-3-7-15(8-4-13)30-19(21,22)23/h1-9,11H,10H2,(H,25,27). The van der Waals surface area contributed by atoms with Crippen LogP contribution < -0.4 is 10.1 Å². The topological polar surface area (TPSA) is 82.5 Å². The quantitative estimate of drug-likeness (QED) is 0.483. The number of imidazole rings is 1. The van der Waals surface area contributed by atoms with Gasteiger partial charge in [0.25, 0.3) is 5.91 Å². The molecular formula is C19H13F4N3O4. The molecule has 1 amide bonds. The van der Waals surface area contributed by atoms with Crippen LogP contribution in [0.25, 0.3) is 5.69 Å². The van der Waals surface area contributed by atoms with Crippen molar-refractivity contribution in [3.63, 3.8) is 0 Å². The fourth-order valence-electron chi connectivity index (χ4n) is 2.40. The average molecular weight is 423 g/mol. The van der Waals surface area contributed by atoms with Gasteiger partial charge in [-0.25, -0.2) is 14.2 Å². The molecule has 0 bridgehead atoms. The molecule has 7 nitrogen and oxygen atoms in total. The first kappa shape index (κ1) is 20.8. The van der Waals surface area contributed by atoms with Gasteiger partial charge < -0.3 is 14.8 Å². The minimum Gasteiger partial charge on any atom is -0.451 e. The molecule has 0 radical (unpaired) electrons. The predicted octanol–water partition coefficient (Wildman–Crippen LogP) is 3.71. The smallest absolute Gasteiger partial charge is 0.451 e. The summed E-state index contributed by atoms with van der Waals surface area (Å²) in [7, 11) is 0. The van der Waals surface area contributed by atoms with Crippen molar-refractivity contribution >= 4 is 17.6 Å². The van der Waals surface area contributed by atoms with Crippen LogP contribution in [0, 0.1) is 5.82 Å². The van der Waals surface area contributed by atoms with Gasteiger partial charge in [0.05, 0.1) is 12.5 Å². The molecule has 0 aliphatic carbocycles. The van der Waals surface area contributed by atoms with Crippen molar-refractivity contribution < 1.29 is 36.6 Å². The van der Waals surface area contributed by atoms with Gasteiger partial charge in [0.1, 0.15) is 11.6 Å². The molecule has 3 rings (SSSR count). The number of hydrogen-bond donors (Lipinski definition) is 1. The highest BCUT2D eigenvalue weighted by Gasteiger charge is 2.31. The van der Waals surface area contributed by atoms with Gasteiger partial charge in [-0.15, -0.1) is 13.2 Å². The molecule has 3 aromatic rings. The molecule has 0 aliphatic heterocycles. The summed E-state index contributed by atoms with van der Waals surface area (Å²) >= 11 is 0. The molecule has 0 atom stereocenters. The molecule has 0 saturated heterocycles. The summed E-state index contributed by atoms with van der Waals surface area (Å²) in [5, 5.41) is 2.37. The molecule has 0 fully saturated rings. The second-order valence-corrected chi connectivity index (χ2v) is 5.82. The van der Waals surface area contributed by atoms with E-state index in [0.717, 1.165) is 12.1 Å². The van der Waals surface area contributed by atoms with Crippen LogP contribution in [0.2, 0.25) is 0 Å². The first-order valence-electron chi connectivity index (χ1n) is 8.32. The number of nitrogens with zero attached hydrogens (tertiary/aromatic N) is 2. The van der Waals surface area contributed by atoms with Crippen molar-refractivity contribution in [2.24, 2.45) is 0 Å². The van der Waals surface area contributed by atoms with Crippen LogP contribution in [0.5, 0.6) is 5.75 Å². The number of aromatic nitrogens is 2. The van der Waals surface area contributed by atoms with Crippen molar-refractivity contribution in [3.8, 4) is 11.4 Å². The zero-order valence-corrected chi connectivity index (χ0v) is 15.0. The number of hydrogen-bond acceptors (Lipinski definition) is 5. The van der Waals surface area contributed by atoms with Crippen LogP contribution in [0.3, 0.4) is 0 Å². The summed E-state index contributed by atoms with van der Waals surface area (Å²) in [6.45, 7) is -0.645. The van der Waals surface area contributed by atoms with E-state index in [1.807, 2.05) is 0 Å². The third kappa shape index (κ3) is 5.56. The van der Waals surface area contributed by atoms with Gasteiger partial charge >= 0.3 is 12.3 Å². The maximum Gasteiger partial charge on any atom is 0.573 e. The zero-order valence-electron chi connectivity index (χ0n) is 15.0. The Balaban J connectivity index is 1.56. The number of anilines is 1. The number of esters is 1. The molecule has 11 heteroatoms. The largest absolute Gasteiger partial charge is 0.573 e. The molecule has 1 aromatic heterocycles. The van der Waals surface area contributed by atoms with Crippen LogP contribution in [0.1, 0.15) is 10.5 Å². The lowest BCUT2D eigenvalue weighted by Gasteiger charge is -2.10. The molecule has 1 heterocycles. The number of alkyl halides is 3. The van der Waals surface area contributed by atoms with E-state index in [1.165, 1.54) is 53.5 Å². The van der Waals surface area contributed by atoms with Crippen LogP contribution in [0.15, 0.2) is 61.1 Å². The molecule has 0 spiro atoms. The Labute approximate surface area is 166 Å². The highest BCUT2D eigenvalue weighted by Crippen LogP contribution is 2.24. The first-order valence-corrected chi connectivity index (χ1v) is 8.32. The number of carbonyl (C=O) groups excluding carboxylic acids is 2. The van der Waals surface area contributed by atoms with Crippen LogP contribution in [-0.2, 0) is 9.53 Å². The molecule has 1 N–H and O–H groups in total. The number of halogens is 4. The molecule has 0 aliphatic rings. The Morgan fingerprint density at radius 3 is 2.33 bits per heavy atom. The third-order valence-electron chi connectivity index (χ3n) is 3.66. The monoisotopic (exact) mass is 423 g/mol. The van der Waals surface area contributed by atoms with Crippen molar-refractivity contribution in [2.75, 3.05) is 11.9 Å². The van der Waals surface area contributed by atoms with E-state index in [1.54, 1.807) is 0 Å². The average Bonchev–Trinajstić information content (AvgIpc) is 3.17. The lowest BCUT2D eigenvalue weighted by atomic mass is 10.3. The Morgan fingerprint density at radius 1 is 1.03 bits per heavy atom. The fourth-order valence-corrected chi connectivity index (χ4v) is 2.40. The molecular weight excluding hydrogens is 410 g/mol. The van der Waals surface area contributed by atoms with Gasteiger partial charge in [0.2, 0.25) is 0 Å². The summed E-state index contributed by atoms with van der Waals surface area (Å²) < 4.78 is 59.5. The lowest BCUT2D eigenvalue weighted by molar-refractivity contribution is -0.274. The minimum atomic E-state index is -4.82. The zero-order chi connectivity index (χ0) is 21.7. The number of rotatable bonds is 6. The fraction of sp³-hybridized carbons (Fsp3) is 0.105. The van der Waals surface area contributed by atoms with Gasteiger partial charge in [-0.1, -0.05) is 0 Å². The highest BCUT2D eigenvalue weighted by molar-refractivity contribution is 5.95. The second-order valence-electron chi connectivity index (χ2n) is 5.82. The number of ether oxygens (including phenoxy) is 2. The van der Waals surface area contributed by atoms with E-state index in [-0.39, 0.29) is 11.4 Å². The summed E-state index contributed by atoms with van der Waals surface area (Å²) in [6, 6.07) is 9.74. The minimum absolute atomic E-state index is 0.0167. The molecule has 2 aromatic carbocycles. The third-order valence-corrected chi connectivity index (χ3v) is 3.66. The summed E-state index contributed by atoms with van der Waals surface area (Å²) in [4.78, 5) is 28.0. The Hall–Kier alpha value is -3.89. The van der Waals surface area contributed by atoms with E-state index in [2.05, 4.69) is 15.0 Å². The van der Waals surface area contributed by atoms with E-state index >= 15 is 0 Å².